The van der Waals surface area contributed by atoms with Crippen LogP contribution in [0.15, 0.2) is 46.9 Å². The molecule has 4 nitrogen and oxygen atoms in total. The SMILES string of the molecule is [c]1nc2c(-c3nc4ccccc4o3)cccc2[nH]1. The summed E-state index contributed by atoms with van der Waals surface area (Å²) in [5.74, 6) is 0.585. The van der Waals surface area contributed by atoms with Crippen LogP contribution in [0.5, 0.6) is 0 Å². The fourth-order valence-corrected chi connectivity index (χ4v) is 2.07. The van der Waals surface area contributed by atoms with Crippen LogP contribution in [0.4, 0.5) is 0 Å². The summed E-state index contributed by atoms with van der Waals surface area (Å²) in [6.45, 7) is 0. The molecule has 0 aliphatic carbocycles. The molecule has 85 valence electrons. The third-order valence-corrected chi connectivity index (χ3v) is 2.92. The van der Waals surface area contributed by atoms with Crippen LogP contribution in [-0.2, 0) is 0 Å². The predicted octanol–water partition coefficient (Wildman–Crippen LogP) is 3.17. The van der Waals surface area contributed by atoms with Crippen molar-refractivity contribution in [2.75, 3.05) is 0 Å². The van der Waals surface area contributed by atoms with E-state index in [-0.39, 0.29) is 0 Å². The van der Waals surface area contributed by atoms with Crippen LogP contribution in [0.25, 0.3) is 33.6 Å². The number of nitrogens with one attached hydrogen (secondary N) is 1. The van der Waals surface area contributed by atoms with Crippen molar-refractivity contribution in [3.05, 3.63) is 48.8 Å². The number of H-pyrrole nitrogens is 1. The molecule has 0 aliphatic heterocycles. The first-order chi connectivity index (χ1) is 8.92. The van der Waals surface area contributed by atoms with Gasteiger partial charge in [-0.3, -0.25) is 0 Å². The van der Waals surface area contributed by atoms with Crippen molar-refractivity contribution >= 4 is 22.1 Å². The first kappa shape index (κ1) is 9.41. The molecule has 0 atom stereocenters. The summed E-state index contributed by atoms with van der Waals surface area (Å²) >= 11 is 0. The number of aromatic nitrogens is 3. The predicted molar refractivity (Wildman–Crippen MR) is 67.9 cm³/mol. The standard InChI is InChI=1S/C14H8N3O/c1-2-7-12-10(5-1)17-14(18-12)9-4-3-6-11-13(9)16-8-15-11/h1-7H,(H,15,16). The third-order valence-electron chi connectivity index (χ3n) is 2.92. The van der Waals surface area contributed by atoms with Gasteiger partial charge in [0.1, 0.15) is 11.0 Å². The second-order valence-electron chi connectivity index (χ2n) is 4.04. The van der Waals surface area contributed by atoms with Gasteiger partial charge < -0.3 is 9.40 Å². The molecule has 0 saturated heterocycles. The maximum Gasteiger partial charge on any atom is 0.229 e. The van der Waals surface area contributed by atoms with Gasteiger partial charge in [0.25, 0.3) is 0 Å². The van der Waals surface area contributed by atoms with Gasteiger partial charge >= 0.3 is 0 Å². The number of aromatic amines is 1. The van der Waals surface area contributed by atoms with Gasteiger partial charge in [-0.05, 0) is 24.3 Å². The van der Waals surface area contributed by atoms with E-state index in [1.165, 1.54) is 0 Å². The maximum atomic E-state index is 5.75. The molecule has 0 bridgehead atoms. The number of oxazole rings is 1. The molecule has 4 heteroatoms. The van der Waals surface area contributed by atoms with Crippen LogP contribution >= 0.6 is 0 Å². The van der Waals surface area contributed by atoms with Crippen molar-refractivity contribution in [1.29, 1.82) is 0 Å². The maximum absolute atomic E-state index is 5.75. The van der Waals surface area contributed by atoms with Gasteiger partial charge in [0, 0.05) is 0 Å². The van der Waals surface area contributed by atoms with Crippen molar-refractivity contribution in [1.82, 2.24) is 15.0 Å². The van der Waals surface area contributed by atoms with Crippen LogP contribution in [0.3, 0.4) is 0 Å². The minimum Gasteiger partial charge on any atom is -0.436 e. The number of benzene rings is 2. The molecule has 2 aromatic carbocycles. The number of rotatable bonds is 1. The third kappa shape index (κ3) is 1.26. The monoisotopic (exact) mass is 234 g/mol. The highest BCUT2D eigenvalue weighted by Gasteiger charge is 2.12. The second-order valence-corrected chi connectivity index (χ2v) is 4.04. The number of para-hydroxylation sites is 3. The lowest BCUT2D eigenvalue weighted by Crippen LogP contribution is -1.79. The Morgan fingerprint density at radius 2 is 2.00 bits per heavy atom. The zero-order valence-electron chi connectivity index (χ0n) is 9.34. The Hall–Kier alpha value is -2.62. The van der Waals surface area contributed by atoms with Gasteiger partial charge in [-0.25, -0.2) is 9.97 Å². The Morgan fingerprint density at radius 3 is 2.94 bits per heavy atom. The van der Waals surface area contributed by atoms with Crippen LogP contribution < -0.4 is 0 Å². The first-order valence-electron chi connectivity index (χ1n) is 5.62. The quantitative estimate of drug-likeness (QED) is 0.550. The lowest BCUT2D eigenvalue weighted by molar-refractivity contribution is 0.620. The molecular formula is C14H8N3O. The smallest absolute Gasteiger partial charge is 0.229 e. The number of imidazole rings is 1. The summed E-state index contributed by atoms with van der Waals surface area (Å²) in [6.07, 6.45) is 2.74. The average Bonchev–Trinajstić information content (AvgIpc) is 3.04. The van der Waals surface area contributed by atoms with E-state index < -0.39 is 0 Å². The van der Waals surface area contributed by atoms with Crippen molar-refractivity contribution < 1.29 is 4.42 Å². The van der Waals surface area contributed by atoms with Crippen LogP contribution in [0.1, 0.15) is 0 Å². The Bertz CT molecular complexity index is 811. The summed E-state index contributed by atoms with van der Waals surface area (Å²) in [4.78, 5) is 11.6. The van der Waals surface area contributed by atoms with Gasteiger partial charge in [-0.1, -0.05) is 18.2 Å². The van der Waals surface area contributed by atoms with E-state index in [2.05, 4.69) is 21.3 Å². The molecule has 18 heavy (non-hydrogen) atoms. The molecule has 0 aliphatic rings. The van der Waals surface area contributed by atoms with Gasteiger partial charge in [0.2, 0.25) is 5.89 Å². The zero-order valence-corrected chi connectivity index (χ0v) is 9.34. The molecule has 0 amide bonds. The van der Waals surface area contributed by atoms with Gasteiger partial charge in [-0.2, -0.15) is 0 Å². The molecular weight excluding hydrogens is 226 g/mol. The Kier molecular flexibility index (Phi) is 1.80. The number of hydrogen-bond donors (Lipinski definition) is 1. The van der Waals surface area contributed by atoms with Gasteiger partial charge in [0.15, 0.2) is 11.9 Å². The fourth-order valence-electron chi connectivity index (χ4n) is 2.07. The van der Waals surface area contributed by atoms with E-state index in [4.69, 9.17) is 4.42 Å². The van der Waals surface area contributed by atoms with E-state index in [9.17, 15) is 0 Å². The largest absolute Gasteiger partial charge is 0.436 e. The summed E-state index contributed by atoms with van der Waals surface area (Å²) < 4.78 is 5.75. The van der Waals surface area contributed by atoms with Gasteiger partial charge in [0.05, 0.1) is 11.1 Å². The number of hydrogen-bond acceptors (Lipinski definition) is 3. The fraction of sp³-hybridized carbons (Fsp3) is 0. The average molecular weight is 234 g/mol. The van der Waals surface area contributed by atoms with Crippen molar-refractivity contribution in [2.45, 2.75) is 0 Å². The van der Waals surface area contributed by atoms with Crippen LogP contribution in [-0.4, -0.2) is 15.0 Å². The zero-order chi connectivity index (χ0) is 11.9. The van der Waals surface area contributed by atoms with E-state index in [1.807, 2.05) is 42.5 Å². The summed E-state index contributed by atoms with van der Waals surface area (Å²) in [5, 5.41) is 0. The number of nitrogens with zero attached hydrogens (tertiary/aromatic N) is 2. The highest BCUT2D eigenvalue weighted by Crippen LogP contribution is 2.28. The molecule has 0 saturated carbocycles. The molecule has 4 rings (SSSR count). The first-order valence-corrected chi connectivity index (χ1v) is 5.62. The highest BCUT2D eigenvalue weighted by molar-refractivity contribution is 5.90. The van der Waals surface area contributed by atoms with Crippen molar-refractivity contribution in [2.24, 2.45) is 0 Å². The molecule has 0 spiro atoms. The van der Waals surface area contributed by atoms with E-state index in [1.54, 1.807) is 0 Å². The number of fused-ring (bicyclic) bond motifs is 2. The normalized spacial score (nSPS) is 11.3. The van der Waals surface area contributed by atoms with Crippen molar-refractivity contribution in [3.63, 3.8) is 0 Å². The Morgan fingerprint density at radius 1 is 1.06 bits per heavy atom. The topological polar surface area (TPSA) is 54.7 Å². The van der Waals surface area contributed by atoms with Crippen LogP contribution in [0.2, 0.25) is 0 Å². The van der Waals surface area contributed by atoms with Gasteiger partial charge in [-0.15, -0.1) is 0 Å². The lowest BCUT2D eigenvalue weighted by atomic mass is 10.2. The molecule has 2 aromatic heterocycles. The minimum atomic E-state index is 0.585. The Labute approximate surface area is 102 Å². The van der Waals surface area contributed by atoms with Crippen molar-refractivity contribution in [3.8, 4) is 11.5 Å². The molecule has 0 fully saturated rings. The molecule has 2 heterocycles. The summed E-state index contributed by atoms with van der Waals surface area (Å²) in [5.41, 5.74) is 4.26. The van der Waals surface area contributed by atoms with E-state index in [0.29, 0.717) is 5.89 Å². The van der Waals surface area contributed by atoms with Crippen LogP contribution in [0, 0.1) is 6.33 Å². The highest BCUT2D eigenvalue weighted by atomic mass is 16.3. The van der Waals surface area contributed by atoms with E-state index >= 15 is 0 Å². The molecule has 1 N–H and O–H groups in total. The Balaban J connectivity index is 2.04. The molecule has 1 radical (unpaired) electrons. The lowest BCUT2D eigenvalue weighted by Gasteiger charge is -1.95. The van der Waals surface area contributed by atoms with E-state index in [0.717, 1.165) is 27.7 Å². The minimum absolute atomic E-state index is 0.585. The summed E-state index contributed by atoms with van der Waals surface area (Å²) in [6, 6.07) is 13.5. The molecule has 0 unspecified atom stereocenters. The second kappa shape index (κ2) is 3.43. The summed E-state index contributed by atoms with van der Waals surface area (Å²) in [7, 11) is 0. The molecule has 4 aromatic rings.